The second kappa shape index (κ2) is 6.46. The Kier molecular flexibility index (Phi) is 4.56. The highest BCUT2D eigenvalue weighted by Crippen LogP contribution is 2.28. The normalized spacial score (nSPS) is 19.9. The van der Waals surface area contributed by atoms with Gasteiger partial charge in [-0.15, -0.1) is 0 Å². The summed E-state index contributed by atoms with van der Waals surface area (Å²) in [7, 11) is -3.62. The third kappa shape index (κ3) is 3.19. The van der Waals surface area contributed by atoms with E-state index in [-0.39, 0.29) is 10.5 Å². The molecule has 2 saturated heterocycles. The van der Waals surface area contributed by atoms with Crippen molar-refractivity contribution < 1.29 is 23.1 Å². The molecule has 23 heavy (non-hydrogen) atoms. The summed E-state index contributed by atoms with van der Waals surface area (Å²) < 4.78 is 31.9. The van der Waals surface area contributed by atoms with Gasteiger partial charge in [0.25, 0.3) is 0 Å². The van der Waals surface area contributed by atoms with Crippen LogP contribution in [0.4, 0.5) is 5.69 Å². The van der Waals surface area contributed by atoms with E-state index in [4.69, 9.17) is 4.74 Å². The second-order valence-corrected chi connectivity index (χ2v) is 7.63. The smallest absolute Gasteiger partial charge is 0.337 e. The first-order valence-electron chi connectivity index (χ1n) is 7.70. The Morgan fingerprint density at radius 1 is 1.09 bits per heavy atom. The maximum Gasteiger partial charge on any atom is 0.337 e. The lowest BCUT2D eigenvalue weighted by molar-refractivity contribution is 0.0696. The Hall–Kier alpha value is -1.64. The number of sulfonamides is 1. The molecule has 1 aromatic carbocycles. The number of anilines is 1. The van der Waals surface area contributed by atoms with E-state index in [0.717, 1.165) is 12.8 Å². The van der Waals surface area contributed by atoms with Crippen molar-refractivity contribution in [1.29, 1.82) is 0 Å². The highest BCUT2D eigenvalue weighted by molar-refractivity contribution is 7.89. The Bertz CT molecular complexity index is 692. The van der Waals surface area contributed by atoms with E-state index < -0.39 is 16.0 Å². The summed E-state index contributed by atoms with van der Waals surface area (Å²) in [4.78, 5) is 13.6. The first-order valence-corrected chi connectivity index (χ1v) is 9.14. The van der Waals surface area contributed by atoms with Crippen molar-refractivity contribution in [2.75, 3.05) is 44.3 Å². The average molecular weight is 340 g/mol. The number of aromatic carboxylic acids is 1. The van der Waals surface area contributed by atoms with Gasteiger partial charge < -0.3 is 14.7 Å². The van der Waals surface area contributed by atoms with Crippen molar-refractivity contribution in [3.8, 4) is 0 Å². The number of ether oxygens (including phenoxy) is 1. The molecule has 0 atom stereocenters. The summed E-state index contributed by atoms with van der Waals surface area (Å²) in [6.45, 7) is 3.25. The quantitative estimate of drug-likeness (QED) is 0.880. The van der Waals surface area contributed by atoms with Crippen molar-refractivity contribution >= 4 is 21.7 Å². The zero-order valence-electron chi connectivity index (χ0n) is 12.8. The maximum atomic E-state index is 12.6. The number of hydrogen-bond acceptors (Lipinski definition) is 5. The molecule has 0 aromatic heterocycles. The topological polar surface area (TPSA) is 87.1 Å². The van der Waals surface area contributed by atoms with E-state index in [1.807, 2.05) is 4.90 Å². The molecule has 1 aromatic rings. The van der Waals surface area contributed by atoms with Crippen LogP contribution in [0, 0.1) is 0 Å². The van der Waals surface area contributed by atoms with Gasteiger partial charge in [0.05, 0.1) is 29.4 Å². The number of morpholine rings is 1. The summed E-state index contributed by atoms with van der Waals surface area (Å²) in [5.41, 5.74) is 0.563. The van der Waals surface area contributed by atoms with Gasteiger partial charge in [0, 0.05) is 26.2 Å². The van der Waals surface area contributed by atoms with E-state index in [0.29, 0.717) is 45.1 Å². The SMILES string of the molecule is O=C(O)c1cc(S(=O)(=O)N2CCCC2)ccc1N1CCOCC1. The van der Waals surface area contributed by atoms with Crippen LogP contribution in [0.25, 0.3) is 0 Å². The van der Waals surface area contributed by atoms with Crippen LogP contribution in [0.3, 0.4) is 0 Å². The molecule has 0 unspecified atom stereocenters. The van der Waals surface area contributed by atoms with Gasteiger partial charge in [-0.2, -0.15) is 4.31 Å². The van der Waals surface area contributed by atoms with Crippen molar-refractivity contribution in [2.24, 2.45) is 0 Å². The number of rotatable bonds is 4. The molecule has 126 valence electrons. The van der Waals surface area contributed by atoms with Crippen LogP contribution in [0.1, 0.15) is 23.2 Å². The number of nitrogens with zero attached hydrogens (tertiary/aromatic N) is 2. The molecule has 0 saturated carbocycles. The fraction of sp³-hybridized carbons (Fsp3) is 0.533. The van der Waals surface area contributed by atoms with Gasteiger partial charge in [0.1, 0.15) is 0 Å². The zero-order chi connectivity index (χ0) is 16.4. The third-order valence-electron chi connectivity index (χ3n) is 4.25. The Morgan fingerprint density at radius 2 is 1.74 bits per heavy atom. The van der Waals surface area contributed by atoms with Gasteiger partial charge in [-0.05, 0) is 31.0 Å². The minimum Gasteiger partial charge on any atom is -0.478 e. The fourth-order valence-corrected chi connectivity index (χ4v) is 4.55. The average Bonchev–Trinajstić information content (AvgIpc) is 3.10. The molecule has 2 heterocycles. The van der Waals surface area contributed by atoms with Gasteiger partial charge in [0.15, 0.2) is 0 Å². The molecular weight excluding hydrogens is 320 g/mol. The van der Waals surface area contributed by atoms with Crippen LogP contribution < -0.4 is 4.90 Å². The number of carboxylic acids is 1. The van der Waals surface area contributed by atoms with Gasteiger partial charge in [-0.3, -0.25) is 0 Å². The third-order valence-corrected chi connectivity index (χ3v) is 6.15. The first-order chi connectivity index (χ1) is 11.0. The standard InChI is InChI=1S/C15H20N2O5S/c18-15(19)13-11-12(23(20,21)17-5-1-2-6-17)3-4-14(13)16-7-9-22-10-8-16/h3-4,11H,1-2,5-10H2,(H,18,19). The molecule has 7 nitrogen and oxygen atoms in total. The van der Waals surface area contributed by atoms with Gasteiger partial charge in [0.2, 0.25) is 10.0 Å². The van der Waals surface area contributed by atoms with Crippen LogP contribution in [0.2, 0.25) is 0 Å². The summed E-state index contributed by atoms with van der Waals surface area (Å²) in [6, 6.07) is 4.38. The van der Waals surface area contributed by atoms with Gasteiger partial charge in [-0.25, -0.2) is 13.2 Å². The van der Waals surface area contributed by atoms with E-state index in [1.165, 1.54) is 16.4 Å². The minimum atomic E-state index is -3.62. The molecular formula is C15H20N2O5S. The minimum absolute atomic E-state index is 0.0205. The molecule has 3 rings (SSSR count). The summed E-state index contributed by atoms with van der Waals surface area (Å²) >= 11 is 0. The van der Waals surface area contributed by atoms with Gasteiger partial charge >= 0.3 is 5.97 Å². The number of benzene rings is 1. The molecule has 0 bridgehead atoms. The second-order valence-electron chi connectivity index (χ2n) is 5.69. The summed E-state index contributed by atoms with van der Waals surface area (Å²) in [5, 5.41) is 9.49. The zero-order valence-corrected chi connectivity index (χ0v) is 13.6. The van der Waals surface area contributed by atoms with Crippen LogP contribution in [0.15, 0.2) is 23.1 Å². The molecule has 0 amide bonds. The predicted molar refractivity (Wildman–Crippen MR) is 84.4 cm³/mol. The lowest BCUT2D eigenvalue weighted by atomic mass is 10.1. The fourth-order valence-electron chi connectivity index (χ4n) is 3.00. The number of carbonyl (C=O) groups is 1. The molecule has 0 aliphatic carbocycles. The molecule has 0 radical (unpaired) electrons. The molecule has 2 fully saturated rings. The summed E-state index contributed by atoms with van der Waals surface area (Å²) in [5.74, 6) is -1.12. The van der Waals surface area contributed by atoms with Crippen LogP contribution in [-0.4, -0.2) is 63.2 Å². The Balaban J connectivity index is 1.97. The Labute approximate surface area is 135 Å². The van der Waals surface area contributed by atoms with Crippen LogP contribution in [0.5, 0.6) is 0 Å². The van der Waals surface area contributed by atoms with Crippen LogP contribution >= 0.6 is 0 Å². The monoisotopic (exact) mass is 340 g/mol. The largest absolute Gasteiger partial charge is 0.478 e. The van der Waals surface area contributed by atoms with E-state index in [1.54, 1.807) is 6.07 Å². The van der Waals surface area contributed by atoms with Crippen molar-refractivity contribution in [2.45, 2.75) is 17.7 Å². The number of carboxylic acid groups (broad SMARTS) is 1. The van der Waals surface area contributed by atoms with Crippen molar-refractivity contribution in [1.82, 2.24) is 4.31 Å². The van der Waals surface area contributed by atoms with E-state index >= 15 is 0 Å². The molecule has 8 heteroatoms. The first kappa shape index (κ1) is 16.2. The lowest BCUT2D eigenvalue weighted by Crippen LogP contribution is -2.37. The van der Waals surface area contributed by atoms with Gasteiger partial charge in [-0.1, -0.05) is 0 Å². The van der Waals surface area contributed by atoms with Crippen LogP contribution in [-0.2, 0) is 14.8 Å². The molecule has 1 N–H and O–H groups in total. The molecule has 2 aliphatic rings. The summed E-state index contributed by atoms with van der Waals surface area (Å²) in [6.07, 6.45) is 1.69. The van der Waals surface area contributed by atoms with E-state index in [2.05, 4.69) is 0 Å². The highest BCUT2D eigenvalue weighted by atomic mass is 32.2. The maximum absolute atomic E-state index is 12.6. The number of hydrogen-bond donors (Lipinski definition) is 1. The molecule has 2 aliphatic heterocycles. The van der Waals surface area contributed by atoms with E-state index in [9.17, 15) is 18.3 Å². The van der Waals surface area contributed by atoms with Crippen molar-refractivity contribution in [3.63, 3.8) is 0 Å². The highest BCUT2D eigenvalue weighted by Gasteiger charge is 2.29. The Morgan fingerprint density at radius 3 is 2.35 bits per heavy atom. The lowest BCUT2D eigenvalue weighted by Gasteiger charge is -2.30. The van der Waals surface area contributed by atoms with Crippen molar-refractivity contribution in [3.05, 3.63) is 23.8 Å². The molecule has 0 spiro atoms. The predicted octanol–water partition coefficient (Wildman–Crippen LogP) is 1.01.